The quantitative estimate of drug-likeness (QED) is 0.0126. The highest BCUT2D eigenvalue weighted by molar-refractivity contribution is 7.64. The van der Waals surface area contributed by atoms with Crippen LogP contribution < -0.4 is 45.0 Å². The third-order valence-corrected chi connectivity index (χ3v) is 34.6. The smallest absolute Gasteiger partial charge is 0.330 e. The molecule has 4 saturated heterocycles. The number of rotatable bonds is 49. The van der Waals surface area contributed by atoms with Crippen LogP contribution in [-0.2, 0) is 98.4 Å². The Labute approximate surface area is 805 Å². The molecule has 137 heavy (non-hydrogen) atoms. The third-order valence-electron chi connectivity index (χ3n) is 24.1. The summed E-state index contributed by atoms with van der Waals surface area (Å²) < 4.78 is 161. The van der Waals surface area contributed by atoms with Gasteiger partial charge in [0.1, 0.15) is 74.5 Å². The molecule has 8 rings (SSSR count). The van der Waals surface area contributed by atoms with Gasteiger partial charge >= 0.3 is 22.8 Å². The number of hydrogen-bond acceptors (Lipinski definition) is 33. The third kappa shape index (κ3) is 34.5. The number of aliphatic hydroxyl groups excluding tert-OH is 3. The molecule has 25 atom stereocenters. The lowest BCUT2D eigenvalue weighted by Crippen LogP contribution is -2.48. The molecule has 4 aliphatic heterocycles. The van der Waals surface area contributed by atoms with Gasteiger partial charge in [0, 0.05) is 136 Å². The van der Waals surface area contributed by atoms with Crippen LogP contribution in [0.1, 0.15) is 151 Å². The lowest BCUT2D eigenvalue weighted by atomic mass is 9.94. The van der Waals surface area contributed by atoms with Crippen molar-refractivity contribution in [1.82, 2.24) is 42.9 Å². The van der Waals surface area contributed by atoms with Crippen LogP contribution in [0, 0.1) is 63.9 Å². The number of aromatic amines is 4. The van der Waals surface area contributed by atoms with Gasteiger partial charge in [-0.2, -0.15) is 0 Å². The molecule has 0 spiro atoms. The minimum absolute atomic E-state index is 0.0244. The average molecular weight is 2050 g/mol. The fraction of sp³-hybridized carbons (Fsp3) is 0.811. The molecular weight excluding hydrogens is 1890 g/mol. The first kappa shape index (κ1) is 122. The van der Waals surface area contributed by atoms with Crippen molar-refractivity contribution in [1.29, 1.82) is 0 Å². The zero-order valence-corrected chi connectivity index (χ0v) is 90.3. The molecule has 0 aromatic carbocycles. The van der Waals surface area contributed by atoms with Crippen molar-refractivity contribution in [2.75, 3.05) is 168 Å². The number of hydrogen-bond donors (Lipinski definition) is 7. The largest absolute Gasteiger partial charge is 0.387 e. The Balaban J connectivity index is 0.000000328. The Morgan fingerprint density at radius 2 is 0.701 bits per heavy atom. The van der Waals surface area contributed by atoms with Crippen molar-refractivity contribution >= 4 is 37.1 Å². The second kappa shape index (κ2) is 55.7. The van der Waals surface area contributed by atoms with E-state index in [1.165, 1.54) is 70.6 Å². The SMILES string of the molecule is COCCO[C@@H]1[C@H](C)[C@@H]([C@H](O)[C@@H](O)P(C)(C)=O)O[C@H]1n1cc(C)c(=O)[nH]c1=O.COCCO[C@@H]1[C@H](C)[C@@H]([C@H](OCC(C)C)[C@@H](C)P(C)(C)=O)O[C@H]1n1cc(C)c(=O)[nH]c1=O.COCCO[C@@H]1[C@H](O)[C@@H]([C@H](OCC(C)C)[C@H](C)P(C)(C)=O)O[C@H]1n1cc(C)c(=O)[nH]c1=O.[C-]#[N+]CCOP(O[C@@H]1[C@@H]([C@H](OCC(C)C)[C@H](C)P(C)(C)=O)O[C@@H](n2cc(C)c(=O)[nH]c2=O)[C@@H]1OCCOC)N(C(C)C)C(C)C. The van der Waals surface area contributed by atoms with Crippen molar-refractivity contribution in [3.8, 4) is 0 Å². The molecule has 4 fully saturated rings. The van der Waals surface area contributed by atoms with Gasteiger partial charge in [-0.1, -0.05) is 76.2 Å². The van der Waals surface area contributed by atoms with Crippen molar-refractivity contribution in [3.05, 3.63) is 142 Å². The fourth-order valence-corrected chi connectivity index (χ4v) is 21.2. The van der Waals surface area contributed by atoms with Gasteiger partial charge in [0.05, 0.1) is 105 Å². The summed E-state index contributed by atoms with van der Waals surface area (Å²) in [5, 5.41) is 32.0. The van der Waals surface area contributed by atoms with E-state index in [1.807, 2.05) is 83.1 Å². The summed E-state index contributed by atoms with van der Waals surface area (Å²) >= 11 is 0. The standard InChI is InChI=1S/C30H54N4O9P2.C22H39N2O7P.C21H37N2O8P.C17H29N2O8P/c1-19(2)18-40-24(23(8)45(11,12)37)25-26(43-44(41-14-13-31-9)34(20(3)4)21(5)6)27(39-16-15-38-10)29(42-25)33-17-22(7)28(35)32-30(33)36;1-13(2)12-30-19(16(5)32(7,8)27)17-15(4)18(29-10-9-28-6)21(31-17)24-11-14(3)20(25)23-22(24)26;1-12(2)11-30-16(14(4)32(6,7)27)17-15(24)18(29-9-8-28-5)20(31-17)23-10-13(3)19(25)22-21(23)26;1-9-8-19(17(23)18-14(9)21)15-13(26-7-6-25-3)10(2)12(27-15)11(20)16(22)28(4,5)24/h17,19-21,23-27,29H,13-16,18H2,1-8,10-12H3,(H,32,35,36);11,13,15-19,21H,9-10,12H2,1-8H3,(H,23,25,26);10,12,14-18,20,24H,8-9,11H2,1-7H3,(H,22,25,26);8,10-13,15-16,20,22H,6-7H2,1-5H3,(H,18,21,23)/t23-,24+,25+,26+,27+,29+,44?;15-,16-,17+,18-,19-,21-;14-,15+,16+,17-,18+,20+;10-,11+,12+,13-,15-,16+/m0101/s1. The molecule has 0 aliphatic carbocycles. The van der Waals surface area contributed by atoms with Crippen LogP contribution in [0.4, 0.5) is 0 Å². The van der Waals surface area contributed by atoms with Gasteiger partial charge in [0.2, 0.25) is 6.54 Å². The Bertz CT molecular complexity index is 4990. The Hall–Kier alpha value is -5.28. The van der Waals surface area contributed by atoms with E-state index < -0.39 is 216 Å². The fourth-order valence-electron chi connectivity index (χ4n) is 15.7. The van der Waals surface area contributed by atoms with Crippen LogP contribution in [0.25, 0.3) is 4.85 Å². The highest BCUT2D eigenvalue weighted by Crippen LogP contribution is 2.55. The second-order valence-electron chi connectivity index (χ2n) is 38.9. The summed E-state index contributed by atoms with van der Waals surface area (Å²) in [6.07, 6.45) is -9.46. The van der Waals surface area contributed by atoms with Crippen molar-refractivity contribution in [2.45, 2.75) is 277 Å². The van der Waals surface area contributed by atoms with Gasteiger partial charge in [-0.15, -0.1) is 0 Å². The van der Waals surface area contributed by atoms with Gasteiger partial charge < -0.3 is 119 Å². The first-order valence-electron chi connectivity index (χ1n) is 46.4. The normalized spacial score (nSPS) is 25.2. The minimum atomic E-state index is -3.00. The minimum Gasteiger partial charge on any atom is -0.387 e. The number of methoxy groups -OCH3 is 4. The highest BCUT2D eigenvalue weighted by atomic mass is 31.2. The van der Waals surface area contributed by atoms with Crippen LogP contribution in [0.3, 0.4) is 0 Å². The molecular formula is C90H159N10O32P5. The van der Waals surface area contributed by atoms with Gasteiger partial charge in [-0.3, -0.25) is 57.4 Å². The molecule has 8 heterocycles. The van der Waals surface area contributed by atoms with Crippen LogP contribution in [0.15, 0.2) is 63.1 Å². The highest BCUT2D eigenvalue weighted by Gasteiger charge is 2.58. The summed E-state index contributed by atoms with van der Waals surface area (Å²) in [6, 6.07) is 0.0488. The summed E-state index contributed by atoms with van der Waals surface area (Å²) in [4.78, 5) is 111. The van der Waals surface area contributed by atoms with Crippen LogP contribution in [0.2, 0.25) is 0 Å². The second-order valence-corrected chi connectivity index (χ2v) is 54.8. The monoisotopic (exact) mass is 2050 g/mol. The molecule has 4 aromatic rings. The number of aromatic nitrogens is 8. The number of aliphatic hydroxyl groups is 3. The van der Waals surface area contributed by atoms with Crippen molar-refractivity contribution < 1.29 is 114 Å². The van der Waals surface area contributed by atoms with Crippen LogP contribution >= 0.6 is 37.1 Å². The summed E-state index contributed by atoms with van der Waals surface area (Å²) in [5.74, 6) is -1.41. The molecule has 0 radical (unpaired) electrons. The van der Waals surface area contributed by atoms with Crippen LogP contribution in [0.5, 0.6) is 0 Å². The predicted octanol–water partition coefficient (Wildman–Crippen LogP) is 7.86. The topological polar surface area (TPSA) is 513 Å². The van der Waals surface area contributed by atoms with Gasteiger partial charge in [-0.25, -0.2) is 30.4 Å². The maximum absolute atomic E-state index is 13.6. The Kier molecular flexibility index (Phi) is 49.7. The van der Waals surface area contributed by atoms with E-state index in [0.717, 1.165) is 0 Å². The predicted molar refractivity (Wildman–Crippen MR) is 524 cm³/mol. The molecule has 42 nitrogen and oxygen atoms in total. The summed E-state index contributed by atoms with van der Waals surface area (Å²) in [5.41, 5.74) is -4.29. The number of aryl methyl sites for hydroxylation is 4. The van der Waals surface area contributed by atoms with Crippen LogP contribution in [-0.4, -0.2) is 346 Å². The van der Waals surface area contributed by atoms with Gasteiger partial charge in [-0.05, 0) is 126 Å². The van der Waals surface area contributed by atoms with E-state index in [1.54, 1.807) is 88.8 Å². The molecule has 1 unspecified atom stereocenters. The molecule has 4 aliphatic rings. The summed E-state index contributed by atoms with van der Waals surface area (Å²) in [6.45, 7) is 60.0. The first-order chi connectivity index (χ1) is 63.8. The Morgan fingerprint density at radius 3 is 1.01 bits per heavy atom. The average Bonchev–Trinajstić information content (AvgIpc) is 1.62. The molecule has 786 valence electrons. The number of ether oxygens (including phenoxy) is 15. The number of nitrogens with zero attached hydrogens (tertiary/aromatic N) is 6. The maximum atomic E-state index is 13.6. The van der Waals surface area contributed by atoms with E-state index in [2.05, 4.69) is 43.3 Å². The van der Waals surface area contributed by atoms with E-state index in [-0.39, 0.29) is 81.7 Å². The Morgan fingerprint density at radius 1 is 0.416 bits per heavy atom. The molecule has 0 saturated carbocycles. The zero-order chi connectivity index (χ0) is 104. The van der Waals surface area contributed by atoms with E-state index in [0.29, 0.717) is 67.8 Å². The van der Waals surface area contributed by atoms with Crippen molar-refractivity contribution in [2.24, 2.45) is 29.6 Å². The molecule has 0 amide bonds. The number of nitrogens with one attached hydrogen (secondary N) is 4. The summed E-state index contributed by atoms with van der Waals surface area (Å²) in [7, 11) is -6.41. The number of H-pyrrole nitrogens is 4. The molecule has 4 aromatic heterocycles. The van der Waals surface area contributed by atoms with E-state index in [4.69, 9.17) is 86.7 Å². The molecule has 7 N–H and O–H groups in total. The zero-order valence-electron chi connectivity index (χ0n) is 85.8. The lowest BCUT2D eigenvalue weighted by Gasteiger charge is -2.40. The van der Waals surface area contributed by atoms with Crippen molar-refractivity contribution in [3.63, 3.8) is 0 Å². The van der Waals surface area contributed by atoms with Gasteiger partial charge in [0.15, 0.2) is 24.9 Å². The maximum Gasteiger partial charge on any atom is 0.330 e. The molecule has 0 bridgehead atoms. The van der Waals surface area contributed by atoms with Gasteiger partial charge in [0.25, 0.3) is 30.8 Å². The molecule has 47 heteroatoms. The van der Waals surface area contributed by atoms with E-state index in [9.17, 15) is 71.9 Å². The van der Waals surface area contributed by atoms with E-state index >= 15 is 0 Å². The lowest BCUT2D eigenvalue weighted by molar-refractivity contribution is -0.114. The first-order valence-corrected chi connectivity index (χ1v) is 58.2.